The van der Waals surface area contributed by atoms with Crippen LogP contribution in [0.15, 0.2) is 66.9 Å². The van der Waals surface area contributed by atoms with Gasteiger partial charge in [0.2, 0.25) is 5.95 Å². The number of hydrogen-bond acceptors (Lipinski definition) is 6. The van der Waals surface area contributed by atoms with E-state index in [2.05, 4.69) is 106 Å². The molecule has 1 fully saturated rings. The quantitative estimate of drug-likeness (QED) is 0.293. The summed E-state index contributed by atoms with van der Waals surface area (Å²) in [6.07, 6.45) is 6.92. The summed E-state index contributed by atoms with van der Waals surface area (Å²) in [5.74, 6) is 0.635. The van der Waals surface area contributed by atoms with Crippen molar-refractivity contribution in [2.24, 2.45) is 0 Å². The maximum Gasteiger partial charge on any atom is 0.229 e. The Labute approximate surface area is 214 Å². The number of fused-ring (bicyclic) bond motifs is 1. The molecule has 7 heteroatoms. The summed E-state index contributed by atoms with van der Waals surface area (Å²) in [6, 6.07) is 21.6. The van der Waals surface area contributed by atoms with Crippen LogP contribution in [0.25, 0.3) is 11.0 Å². The molecule has 0 saturated heterocycles. The number of nitrogens with zero attached hydrogens (tertiary/aromatic N) is 5. The molecule has 0 radical (unpaired) electrons. The van der Waals surface area contributed by atoms with Gasteiger partial charge >= 0.3 is 0 Å². The topological polar surface area (TPSA) is 61.2 Å². The highest BCUT2D eigenvalue weighted by atomic mass is 15.2. The fraction of sp³-hybridized carbons (Fsp3) is 0.379. The van der Waals surface area contributed by atoms with Gasteiger partial charge in [0, 0.05) is 60.5 Å². The molecule has 2 heterocycles. The number of likely N-dealkylation sites (N-methyl/N-ethyl adjacent to an activating group) is 2. The first kappa shape index (κ1) is 24.1. The third kappa shape index (κ3) is 5.62. The lowest BCUT2D eigenvalue weighted by Gasteiger charge is -2.21. The summed E-state index contributed by atoms with van der Waals surface area (Å²) in [5.41, 5.74) is 5.60. The molecule has 0 amide bonds. The molecular formula is C29H37N7. The van der Waals surface area contributed by atoms with Gasteiger partial charge in [0.05, 0.1) is 6.54 Å². The first-order valence-electron chi connectivity index (χ1n) is 13.0. The van der Waals surface area contributed by atoms with E-state index in [1.54, 1.807) is 0 Å². The standard InChI is InChI=1S/C29H37N7/c1-34(2)17-18-35(3)25-15-13-24(14-16-25)32-29-31-20-22-19-27(21-30-23-9-5-4-6-10-23)36(28(22)33-29)26-11-7-8-12-26/h4-6,9-10,13-16,19-20,26,30H,7-8,11-12,17-18,21H2,1-3H3,(H,31,32,33). The predicted molar refractivity (Wildman–Crippen MR) is 150 cm³/mol. The van der Waals surface area contributed by atoms with Crippen molar-refractivity contribution < 1.29 is 0 Å². The van der Waals surface area contributed by atoms with E-state index in [0.717, 1.165) is 42.0 Å². The van der Waals surface area contributed by atoms with Gasteiger partial charge in [-0.25, -0.2) is 4.98 Å². The predicted octanol–water partition coefficient (Wildman–Crippen LogP) is 5.90. The minimum atomic E-state index is 0.495. The lowest BCUT2D eigenvalue weighted by Crippen LogP contribution is -2.28. The molecule has 5 rings (SSSR count). The Hall–Kier alpha value is -3.58. The summed E-state index contributed by atoms with van der Waals surface area (Å²) in [6.45, 7) is 2.77. The molecule has 0 unspecified atom stereocenters. The SMILES string of the molecule is CN(C)CCN(C)c1ccc(Nc2ncc3cc(CNc4ccccc4)n(C4CCCC4)c3n2)cc1. The number of hydrogen-bond donors (Lipinski definition) is 2. The van der Waals surface area contributed by atoms with Crippen molar-refractivity contribution in [1.82, 2.24) is 19.4 Å². The van der Waals surface area contributed by atoms with Crippen molar-refractivity contribution in [1.29, 1.82) is 0 Å². The minimum Gasteiger partial charge on any atom is -0.379 e. The summed E-state index contributed by atoms with van der Waals surface area (Å²) < 4.78 is 2.45. The van der Waals surface area contributed by atoms with E-state index < -0.39 is 0 Å². The molecule has 1 aliphatic rings. The number of para-hydroxylation sites is 1. The average molecular weight is 484 g/mol. The second-order valence-corrected chi connectivity index (χ2v) is 10.0. The molecule has 188 valence electrons. The number of anilines is 4. The van der Waals surface area contributed by atoms with Gasteiger partial charge in [-0.05, 0) is 69.4 Å². The lowest BCUT2D eigenvalue weighted by atomic mass is 10.2. The molecule has 36 heavy (non-hydrogen) atoms. The molecule has 0 atom stereocenters. The van der Waals surface area contributed by atoms with Crippen LogP contribution < -0.4 is 15.5 Å². The molecule has 0 bridgehead atoms. The largest absolute Gasteiger partial charge is 0.379 e. The van der Waals surface area contributed by atoms with Crippen LogP contribution in [0, 0.1) is 0 Å². The number of aromatic nitrogens is 3. The minimum absolute atomic E-state index is 0.495. The van der Waals surface area contributed by atoms with Gasteiger partial charge in [-0.1, -0.05) is 31.0 Å². The Balaban J connectivity index is 1.36. The fourth-order valence-corrected chi connectivity index (χ4v) is 4.98. The van der Waals surface area contributed by atoms with E-state index in [1.807, 2.05) is 12.3 Å². The summed E-state index contributed by atoms with van der Waals surface area (Å²) in [7, 11) is 6.33. The highest BCUT2D eigenvalue weighted by molar-refractivity contribution is 5.78. The first-order chi connectivity index (χ1) is 17.6. The highest BCUT2D eigenvalue weighted by Gasteiger charge is 2.23. The maximum atomic E-state index is 4.99. The molecule has 1 saturated carbocycles. The average Bonchev–Trinajstić information content (AvgIpc) is 3.54. The molecule has 0 aliphatic heterocycles. The summed E-state index contributed by atoms with van der Waals surface area (Å²) >= 11 is 0. The Morgan fingerprint density at radius 3 is 2.39 bits per heavy atom. The zero-order chi connectivity index (χ0) is 24.9. The van der Waals surface area contributed by atoms with Crippen LogP contribution in [0.2, 0.25) is 0 Å². The summed E-state index contributed by atoms with van der Waals surface area (Å²) in [4.78, 5) is 14.1. The number of benzene rings is 2. The first-order valence-corrected chi connectivity index (χ1v) is 13.0. The monoisotopic (exact) mass is 483 g/mol. The van der Waals surface area contributed by atoms with E-state index in [1.165, 1.54) is 37.1 Å². The number of nitrogens with one attached hydrogen (secondary N) is 2. The smallest absolute Gasteiger partial charge is 0.229 e. The van der Waals surface area contributed by atoms with Crippen LogP contribution in [0.5, 0.6) is 0 Å². The normalized spacial score (nSPS) is 14.0. The van der Waals surface area contributed by atoms with Crippen molar-refractivity contribution in [3.05, 3.63) is 72.6 Å². The van der Waals surface area contributed by atoms with E-state index >= 15 is 0 Å². The van der Waals surface area contributed by atoms with Crippen molar-refractivity contribution in [2.45, 2.75) is 38.3 Å². The second-order valence-electron chi connectivity index (χ2n) is 10.0. The summed E-state index contributed by atoms with van der Waals surface area (Å²) in [5, 5.41) is 8.09. The zero-order valence-corrected chi connectivity index (χ0v) is 21.6. The van der Waals surface area contributed by atoms with Crippen LogP contribution in [-0.4, -0.2) is 53.7 Å². The van der Waals surface area contributed by atoms with E-state index in [4.69, 9.17) is 4.98 Å². The second kappa shape index (κ2) is 11.0. The van der Waals surface area contributed by atoms with Gasteiger partial charge in [-0.2, -0.15) is 4.98 Å². The molecule has 0 spiro atoms. The fourth-order valence-electron chi connectivity index (χ4n) is 4.98. The Morgan fingerprint density at radius 1 is 0.917 bits per heavy atom. The Kier molecular flexibility index (Phi) is 7.37. The molecule has 4 aromatic rings. The Bertz CT molecular complexity index is 1260. The van der Waals surface area contributed by atoms with Crippen molar-refractivity contribution in [3.8, 4) is 0 Å². The molecule has 2 aromatic heterocycles. The molecular weight excluding hydrogens is 446 g/mol. The highest BCUT2D eigenvalue weighted by Crippen LogP contribution is 2.35. The third-order valence-corrected chi connectivity index (χ3v) is 7.04. The van der Waals surface area contributed by atoms with Gasteiger partial charge in [-0.15, -0.1) is 0 Å². The van der Waals surface area contributed by atoms with Crippen molar-refractivity contribution in [3.63, 3.8) is 0 Å². The van der Waals surface area contributed by atoms with Crippen LogP contribution in [0.1, 0.15) is 37.4 Å². The molecule has 7 nitrogen and oxygen atoms in total. The van der Waals surface area contributed by atoms with Crippen molar-refractivity contribution >= 4 is 34.0 Å². The third-order valence-electron chi connectivity index (χ3n) is 7.04. The van der Waals surface area contributed by atoms with Gasteiger partial charge in [0.1, 0.15) is 5.65 Å². The molecule has 1 aliphatic carbocycles. The Morgan fingerprint density at radius 2 is 1.67 bits per heavy atom. The van der Waals surface area contributed by atoms with Gasteiger partial charge < -0.3 is 25.0 Å². The zero-order valence-electron chi connectivity index (χ0n) is 21.6. The molecule has 2 aromatic carbocycles. The van der Waals surface area contributed by atoms with E-state index in [-0.39, 0.29) is 0 Å². The maximum absolute atomic E-state index is 4.99. The lowest BCUT2D eigenvalue weighted by molar-refractivity contribution is 0.416. The van der Waals surface area contributed by atoms with Gasteiger partial charge in [0.25, 0.3) is 0 Å². The van der Waals surface area contributed by atoms with Crippen LogP contribution in [0.4, 0.5) is 23.0 Å². The molecule has 2 N–H and O–H groups in total. The van der Waals surface area contributed by atoms with E-state index in [9.17, 15) is 0 Å². The number of rotatable bonds is 10. The van der Waals surface area contributed by atoms with Crippen LogP contribution in [-0.2, 0) is 6.54 Å². The van der Waals surface area contributed by atoms with Crippen LogP contribution in [0.3, 0.4) is 0 Å². The van der Waals surface area contributed by atoms with Gasteiger partial charge in [0.15, 0.2) is 0 Å². The van der Waals surface area contributed by atoms with E-state index in [0.29, 0.717) is 12.0 Å². The van der Waals surface area contributed by atoms with Crippen LogP contribution >= 0.6 is 0 Å². The van der Waals surface area contributed by atoms with Gasteiger partial charge in [-0.3, -0.25) is 0 Å². The van der Waals surface area contributed by atoms with Crippen molar-refractivity contribution in [2.75, 3.05) is 49.8 Å².